The molecule has 18 heavy (non-hydrogen) atoms. The molecule has 0 fully saturated rings. The van der Waals surface area contributed by atoms with Crippen LogP contribution in [0.1, 0.15) is 5.56 Å². The van der Waals surface area contributed by atoms with Gasteiger partial charge in [-0.2, -0.15) is 8.78 Å². The van der Waals surface area contributed by atoms with E-state index in [1.165, 1.54) is 0 Å². The fourth-order valence-corrected chi connectivity index (χ4v) is 1.57. The third-order valence-electron chi connectivity index (χ3n) is 1.67. The summed E-state index contributed by atoms with van der Waals surface area (Å²) >= 11 is 10.9. The summed E-state index contributed by atoms with van der Waals surface area (Å²) in [7, 11) is 0. The van der Waals surface area contributed by atoms with Gasteiger partial charge in [-0.25, -0.2) is 0 Å². The smallest absolute Gasteiger partial charge is 0.431 e. The van der Waals surface area contributed by atoms with Crippen LogP contribution in [0, 0.1) is 0 Å². The van der Waals surface area contributed by atoms with Gasteiger partial charge in [-0.15, -0.1) is 24.8 Å². The van der Waals surface area contributed by atoms with Crippen molar-refractivity contribution in [2.75, 3.05) is 0 Å². The number of hydrogen-bond acceptors (Lipinski definition) is 2. The zero-order valence-corrected chi connectivity index (χ0v) is 9.91. The van der Waals surface area contributed by atoms with E-state index in [1.54, 1.807) is 0 Å². The van der Waals surface area contributed by atoms with Gasteiger partial charge >= 0.3 is 13.0 Å². The summed E-state index contributed by atoms with van der Waals surface area (Å²) in [6.45, 7) is -3.32. The van der Waals surface area contributed by atoms with Gasteiger partial charge in [0, 0.05) is 16.7 Å². The van der Waals surface area contributed by atoms with Crippen LogP contribution in [0.25, 0.3) is 0 Å². The van der Waals surface area contributed by atoms with Gasteiger partial charge in [-0.05, 0) is 6.07 Å². The van der Waals surface area contributed by atoms with Gasteiger partial charge < -0.3 is 9.47 Å². The van der Waals surface area contributed by atoms with Crippen LogP contribution in [0.2, 0.25) is 5.02 Å². The van der Waals surface area contributed by atoms with E-state index in [-0.39, 0.29) is 16.5 Å². The van der Waals surface area contributed by atoms with Gasteiger partial charge in [-0.1, -0.05) is 11.6 Å². The molecule has 0 saturated heterocycles. The molecule has 9 heteroatoms. The summed E-state index contributed by atoms with van der Waals surface area (Å²) in [5.41, 5.74) is -0.135. The van der Waals surface area contributed by atoms with E-state index in [0.29, 0.717) is 6.07 Å². The van der Waals surface area contributed by atoms with Crippen LogP contribution in [0.5, 0.6) is 11.5 Å². The number of hydrogen-bond donors (Lipinski definition) is 0. The minimum absolute atomic E-state index is 0.135. The third kappa shape index (κ3) is 4.38. The Hall–Kier alpha value is -0.950. The van der Waals surface area contributed by atoms with E-state index in [4.69, 9.17) is 23.2 Å². The highest BCUT2D eigenvalue weighted by molar-refractivity contribution is 6.31. The summed E-state index contributed by atoms with van der Waals surface area (Å²) in [5.74, 6) is -2.12. The molecule has 1 rings (SSSR count). The van der Waals surface area contributed by atoms with Crippen molar-refractivity contribution in [3.8, 4) is 11.5 Å². The number of ether oxygens (including phenoxy) is 2. The largest absolute Gasteiger partial charge is 0.573 e. The molecule has 0 saturated carbocycles. The maximum Gasteiger partial charge on any atom is 0.573 e. The normalized spacial score (nSPS) is 11.8. The molecule has 0 amide bonds. The highest BCUT2D eigenvalue weighted by atomic mass is 35.5. The highest BCUT2D eigenvalue weighted by Crippen LogP contribution is 2.39. The monoisotopic (exact) mass is 310 g/mol. The first kappa shape index (κ1) is 15.1. The molecule has 102 valence electrons. The molecule has 0 aliphatic rings. The van der Waals surface area contributed by atoms with Gasteiger partial charge in [-0.3, -0.25) is 0 Å². The highest BCUT2D eigenvalue weighted by Gasteiger charge is 2.33. The Labute approximate surface area is 108 Å². The number of rotatable bonds is 4. The Bertz CT molecular complexity index is 422. The Morgan fingerprint density at radius 3 is 2.28 bits per heavy atom. The SMILES string of the molecule is FC(F)Oc1c(CCl)cc(Cl)cc1OC(F)(F)F. The minimum Gasteiger partial charge on any atom is -0.431 e. The number of halogens is 7. The maximum atomic E-state index is 12.1. The molecule has 1 aromatic rings. The van der Waals surface area contributed by atoms with Crippen LogP contribution in [0.3, 0.4) is 0 Å². The molecule has 2 nitrogen and oxygen atoms in total. The van der Waals surface area contributed by atoms with E-state index in [2.05, 4.69) is 9.47 Å². The standard InChI is InChI=1S/C9H5Cl2F5O2/c10-3-4-1-5(11)2-6(18-9(14,15)16)7(4)17-8(12)13/h1-2,8H,3H2. The lowest BCUT2D eigenvalue weighted by Gasteiger charge is -2.16. The Morgan fingerprint density at radius 2 is 1.83 bits per heavy atom. The van der Waals surface area contributed by atoms with Crippen molar-refractivity contribution in [3.05, 3.63) is 22.7 Å². The van der Waals surface area contributed by atoms with Crippen LogP contribution in [0.15, 0.2) is 12.1 Å². The lowest BCUT2D eigenvalue weighted by molar-refractivity contribution is -0.275. The van der Waals surface area contributed by atoms with Crippen molar-refractivity contribution in [1.29, 1.82) is 0 Å². The molecule has 0 N–H and O–H groups in total. The fraction of sp³-hybridized carbons (Fsp3) is 0.333. The van der Waals surface area contributed by atoms with E-state index in [1.807, 2.05) is 0 Å². The van der Waals surface area contributed by atoms with Gasteiger partial charge in [0.2, 0.25) is 0 Å². The van der Waals surface area contributed by atoms with Gasteiger partial charge in [0.05, 0.1) is 5.88 Å². The van der Waals surface area contributed by atoms with E-state index in [9.17, 15) is 22.0 Å². The first-order valence-electron chi connectivity index (χ1n) is 4.32. The Morgan fingerprint density at radius 1 is 1.22 bits per heavy atom. The second-order valence-corrected chi connectivity index (χ2v) is 3.66. The van der Waals surface area contributed by atoms with Crippen molar-refractivity contribution in [2.45, 2.75) is 18.9 Å². The molecule has 0 unspecified atom stereocenters. The van der Waals surface area contributed by atoms with Crippen molar-refractivity contribution in [1.82, 2.24) is 0 Å². The molecule has 0 bridgehead atoms. The van der Waals surface area contributed by atoms with Crippen LogP contribution >= 0.6 is 23.2 Å². The van der Waals surface area contributed by atoms with Crippen molar-refractivity contribution >= 4 is 23.2 Å². The maximum absolute atomic E-state index is 12.1. The lowest BCUT2D eigenvalue weighted by Crippen LogP contribution is -2.18. The molecular weight excluding hydrogens is 306 g/mol. The van der Waals surface area contributed by atoms with Crippen LogP contribution in [-0.2, 0) is 5.88 Å². The van der Waals surface area contributed by atoms with Gasteiger partial charge in [0.25, 0.3) is 0 Å². The number of benzene rings is 1. The van der Waals surface area contributed by atoms with Gasteiger partial charge in [0.15, 0.2) is 11.5 Å². The van der Waals surface area contributed by atoms with Crippen LogP contribution < -0.4 is 9.47 Å². The van der Waals surface area contributed by atoms with Crippen molar-refractivity contribution < 1.29 is 31.4 Å². The molecule has 0 heterocycles. The molecule has 0 aliphatic heterocycles. The molecule has 0 aliphatic carbocycles. The van der Waals surface area contributed by atoms with E-state index >= 15 is 0 Å². The van der Waals surface area contributed by atoms with E-state index < -0.39 is 24.5 Å². The predicted molar refractivity (Wildman–Crippen MR) is 54.3 cm³/mol. The molecule has 0 spiro atoms. The predicted octanol–water partition coefficient (Wildman–Crippen LogP) is 4.58. The fourth-order valence-electron chi connectivity index (χ4n) is 1.15. The average Bonchev–Trinajstić information content (AvgIpc) is 2.18. The molecular formula is C9H5Cl2F5O2. The molecule has 0 radical (unpaired) electrons. The van der Waals surface area contributed by atoms with Gasteiger partial charge in [0.1, 0.15) is 0 Å². The first-order valence-corrected chi connectivity index (χ1v) is 5.23. The first-order chi connectivity index (χ1) is 8.23. The quantitative estimate of drug-likeness (QED) is 0.598. The molecule has 0 aromatic heterocycles. The third-order valence-corrected chi connectivity index (χ3v) is 2.18. The van der Waals surface area contributed by atoms with Crippen molar-refractivity contribution in [2.24, 2.45) is 0 Å². The van der Waals surface area contributed by atoms with Crippen molar-refractivity contribution in [3.63, 3.8) is 0 Å². The van der Waals surface area contributed by atoms with E-state index in [0.717, 1.165) is 6.07 Å². The molecule has 0 atom stereocenters. The summed E-state index contributed by atoms with van der Waals surface area (Å²) < 4.78 is 68.0. The summed E-state index contributed by atoms with van der Waals surface area (Å²) in [5, 5.41) is -0.147. The minimum atomic E-state index is -5.06. The van der Waals surface area contributed by atoms with Crippen LogP contribution in [-0.4, -0.2) is 13.0 Å². The molecule has 1 aromatic carbocycles. The summed E-state index contributed by atoms with van der Waals surface area (Å²) in [4.78, 5) is 0. The Balaban J connectivity index is 3.23. The zero-order valence-electron chi connectivity index (χ0n) is 8.40. The second kappa shape index (κ2) is 5.79. The zero-order chi connectivity index (χ0) is 13.9. The average molecular weight is 311 g/mol. The number of alkyl halides is 6. The Kier molecular flexibility index (Phi) is 4.86. The second-order valence-electron chi connectivity index (χ2n) is 2.95. The summed E-state index contributed by atoms with van der Waals surface area (Å²) in [6, 6.07) is 1.82. The topological polar surface area (TPSA) is 18.5 Å². The lowest BCUT2D eigenvalue weighted by atomic mass is 10.2. The van der Waals surface area contributed by atoms with Crippen LogP contribution in [0.4, 0.5) is 22.0 Å². The summed E-state index contributed by atoms with van der Waals surface area (Å²) in [6.07, 6.45) is -5.06.